The SMILES string of the molecule is C=C/C=C/F. The molecule has 0 N–H and O–H groups in total. The molecule has 0 saturated heterocycles. The van der Waals surface area contributed by atoms with Gasteiger partial charge in [0.15, 0.2) is 0 Å². The van der Waals surface area contributed by atoms with Gasteiger partial charge in [0.2, 0.25) is 0 Å². The third kappa shape index (κ3) is 3.41. The van der Waals surface area contributed by atoms with Crippen LogP contribution in [0, 0.1) is 0 Å². The van der Waals surface area contributed by atoms with Crippen LogP contribution < -0.4 is 0 Å². The highest BCUT2D eigenvalue weighted by Gasteiger charge is 1.45. The first kappa shape index (κ1) is 4.41. The maximum absolute atomic E-state index is 10.7. The summed E-state index contributed by atoms with van der Waals surface area (Å²) in [6.07, 6.45) is 3.03. The van der Waals surface area contributed by atoms with E-state index in [4.69, 9.17) is 0 Å². The molecule has 0 amide bonds. The minimum Gasteiger partial charge on any atom is -0.216 e. The van der Waals surface area contributed by atoms with Gasteiger partial charge in [-0.05, 0) is 6.08 Å². The van der Waals surface area contributed by atoms with Crippen molar-refractivity contribution in [1.82, 2.24) is 0 Å². The van der Waals surface area contributed by atoms with Gasteiger partial charge >= 0.3 is 0 Å². The van der Waals surface area contributed by atoms with Gasteiger partial charge in [0.05, 0.1) is 6.33 Å². The van der Waals surface area contributed by atoms with Gasteiger partial charge in [-0.25, -0.2) is 4.39 Å². The van der Waals surface area contributed by atoms with Gasteiger partial charge in [-0.3, -0.25) is 0 Å². The molecule has 0 bridgehead atoms. The predicted molar refractivity (Wildman–Crippen MR) is 20.4 cm³/mol. The van der Waals surface area contributed by atoms with E-state index >= 15 is 0 Å². The van der Waals surface area contributed by atoms with E-state index in [1.54, 1.807) is 0 Å². The zero-order chi connectivity index (χ0) is 4.12. The van der Waals surface area contributed by atoms with Crippen molar-refractivity contribution in [1.29, 1.82) is 0 Å². The molecule has 0 fully saturated rings. The Kier molecular flexibility index (Phi) is 3.01. The van der Waals surface area contributed by atoms with Crippen molar-refractivity contribution in [3.05, 3.63) is 25.1 Å². The van der Waals surface area contributed by atoms with E-state index in [2.05, 4.69) is 6.58 Å². The van der Waals surface area contributed by atoms with Gasteiger partial charge in [-0.2, -0.15) is 0 Å². The summed E-state index contributed by atoms with van der Waals surface area (Å²) >= 11 is 0. The van der Waals surface area contributed by atoms with E-state index in [1.165, 1.54) is 12.2 Å². The van der Waals surface area contributed by atoms with E-state index in [9.17, 15) is 4.39 Å². The van der Waals surface area contributed by atoms with Crippen LogP contribution in [0.15, 0.2) is 25.1 Å². The van der Waals surface area contributed by atoms with Crippen molar-refractivity contribution in [2.45, 2.75) is 0 Å². The van der Waals surface area contributed by atoms with E-state index in [0.717, 1.165) is 0 Å². The molecule has 1 heteroatoms. The minimum atomic E-state index is 0.438. The minimum absolute atomic E-state index is 0.438. The summed E-state index contributed by atoms with van der Waals surface area (Å²) < 4.78 is 10.7. The molecule has 0 aliphatic carbocycles. The average molecular weight is 72.1 g/mol. The van der Waals surface area contributed by atoms with Crippen LogP contribution in [0.1, 0.15) is 0 Å². The third-order valence-corrected chi connectivity index (χ3v) is 0.209. The molecular formula is C4H5F. The highest BCUT2D eigenvalue weighted by Crippen LogP contribution is 1.68. The Balaban J connectivity index is 2.92. The van der Waals surface area contributed by atoms with Gasteiger partial charge in [0.1, 0.15) is 0 Å². The highest BCUT2D eigenvalue weighted by molar-refractivity contribution is 4.91. The summed E-state index contributed by atoms with van der Waals surface area (Å²) in [5.74, 6) is 0. The first-order valence-corrected chi connectivity index (χ1v) is 1.29. The first-order chi connectivity index (χ1) is 2.41. The predicted octanol–water partition coefficient (Wildman–Crippen LogP) is 1.66. The first-order valence-electron chi connectivity index (χ1n) is 1.29. The molecule has 0 unspecified atom stereocenters. The van der Waals surface area contributed by atoms with Crippen molar-refractivity contribution >= 4 is 0 Å². The van der Waals surface area contributed by atoms with E-state index < -0.39 is 0 Å². The average Bonchev–Trinajstić information content (AvgIpc) is 1.41. The third-order valence-electron chi connectivity index (χ3n) is 0.209. The van der Waals surface area contributed by atoms with Crippen molar-refractivity contribution < 1.29 is 4.39 Å². The van der Waals surface area contributed by atoms with Gasteiger partial charge in [0, 0.05) is 0 Å². The fraction of sp³-hybridized carbons (Fsp3) is 0. The highest BCUT2D eigenvalue weighted by atomic mass is 19.1. The molecule has 0 aromatic heterocycles. The van der Waals surface area contributed by atoms with E-state index in [0.29, 0.717) is 6.33 Å². The molecule has 0 spiro atoms. The molecule has 0 rings (SSSR count). The molecule has 0 aromatic rings. The standard InChI is InChI=1S/C4H5F/c1-2-3-4-5/h2-4H,1H2/b4-3+. The molecule has 0 heterocycles. The van der Waals surface area contributed by atoms with Gasteiger partial charge < -0.3 is 0 Å². The normalized spacial score (nSPS) is 9.00. The number of hydrogen-bond donors (Lipinski definition) is 0. The van der Waals surface area contributed by atoms with Gasteiger partial charge in [-0.1, -0.05) is 12.7 Å². The number of rotatable bonds is 1. The Morgan fingerprint density at radius 1 is 1.60 bits per heavy atom. The smallest absolute Gasteiger partial charge is 0.0866 e. The molecule has 0 nitrogen and oxygen atoms in total. The quantitative estimate of drug-likeness (QED) is 0.413. The number of allylic oxidation sites excluding steroid dienone is 2. The fourth-order valence-corrected chi connectivity index (χ4v) is 0.0514. The van der Waals surface area contributed by atoms with Gasteiger partial charge in [-0.15, -0.1) is 0 Å². The summed E-state index contributed by atoms with van der Waals surface area (Å²) in [7, 11) is 0. The Morgan fingerprint density at radius 3 is 2.20 bits per heavy atom. The largest absolute Gasteiger partial charge is 0.216 e. The molecule has 0 radical (unpaired) electrons. The van der Waals surface area contributed by atoms with Gasteiger partial charge in [0.25, 0.3) is 0 Å². The molecule has 0 aliphatic heterocycles. The summed E-state index contributed by atoms with van der Waals surface area (Å²) in [5.41, 5.74) is 0. The number of hydrogen-bond acceptors (Lipinski definition) is 0. The molecule has 0 aromatic carbocycles. The van der Waals surface area contributed by atoms with Crippen LogP contribution in [-0.2, 0) is 0 Å². The Morgan fingerprint density at radius 2 is 2.20 bits per heavy atom. The monoisotopic (exact) mass is 72.0 g/mol. The summed E-state index contributed by atoms with van der Waals surface area (Å²) in [4.78, 5) is 0. The van der Waals surface area contributed by atoms with Crippen molar-refractivity contribution in [3.8, 4) is 0 Å². The van der Waals surface area contributed by atoms with Crippen LogP contribution >= 0.6 is 0 Å². The summed E-state index contributed by atoms with van der Waals surface area (Å²) in [6.45, 7) is 3.22. The zero-order valence-corrected chi connectivity index (χ0v) is 2.82. The molecule has 5 heavy (non-hydrogen) atoms. The lowest BCUT2D eigenvalue weighted by molar-refractivity contribution is 0.721. The fourth-order valence-electron chi connectivity index (χ4n) is 0.0514. The zero-order valence-electron chi connectivity index (χ0n) is 2.82. The van der Waals surface area contributed by atoms with Crippen LogP contribution in [0.2, 0.25) is 0 Å². The maximum Gasteiger partial charge on any atom is 0.0866 e. The van der Waals surface area contributed by atoms with E-state index in [-0.39, 0.29) is 0 Å². The van der Waals surface area contributed by atoms with Crippen molar-refractivity contribution in [2.75, 3.05) is 0 Å². The second-order valence-corrected chi connectivity index (χ2v) is 0.554. The van der Waals surface area contributed by atoms with Crippen LogP contribution in [-0.4, -0.2) is 0 Å². The van der Waals surface area contributed by atoms with Crippen LogP contribution in [0.4, 0.5) is 4.39 Å². The lowest BCUT2D eigenvalue weighted by atomic mass is 10.6. The van der Waals surface area contributed by atoms with Crippen molar-refractivity contribution in [3.63, 3.8) is 0 Å². The Labute approximate surface area is 30.6 Å². The van der Waals surface area contributed by atoms with Crippen LogP contribution in [0.5, 0.6) is 0 Å². The lowest BCUT2D eigenvalue weighted by Gasteiger charge is -1.52. The molecule has 28 valence electrons. The van der Waals surface area contributed by atoms with Crippen LogP contribution in [0.25, 0.3) is 0 Å². The summed E-state index contributed by atoms with van der Waals surface area (Å²) in [5, 5.41) is 0. The topological polar surface area (TPSA) is 0 Å². The van der Waals surface area contributed by atoms with E-state index in [1.807, 2.05) is 0 Å². The van der Waals surface area contributed by atoms with Crippen molar-refractivity contribution in [2.24, 2.45) is 0 Å². The second-order valence-electron chi connectivity index (χ2n) is 0.554. The Hall–Kier alpha value is -0.590. The molecule has 0 saturated carbocycles. The molecule has 0 aliphatic rings. The lowest BCUT2D eigenvalue weighted by Crippen LogP contribution is -1.31. The molecular weight excluding hydrogens is 67.0 g/mol. The maximum atomic E-state index is 10.7. The second kappa shape index (κ2) is 3.41. The molecule has 0 atom stereocenters. The Bertz CT molecular complexity index is 45.6. The summed E-state index contributed by atoms with van der Waals surface area (Å²) in [6, 6.07) is 0. The number of halogens is 1. The van der Waals surface area contributed by atoms with Crippen LogP contribution in [0.3, 0.4) is 0 Å².